The predicted molar refractivity (Wildman–Crippen MR) is 35.2 cm³/mol. The van der Waals surface area contributed by atoms with Crippen LogP contribution in [0.5, 0.6) is 0 Å². The van der Waals surface area contributed by atoms with Crippen LogP contribution in [-0.4, -0.2) is 0 Å². The molecule has 49 valence electrons. The third-order valence-corrected chi connectivity index (χ3v) is 1.32. The zero-order valence-corrected chi connectivity index (χ0v) is 5.20. The van der Waals surface area contributed by atoms with Gasteiger partial charge >= 0.3 is 0 Å². The van der Waals surface area contributed by atoms with Crippen LogP contribution in [-0.2, 0) is 0 Å². The van der Waals surface area contributed by atoms with E-state index < -0.39 is 0 Å². The fourth-order valence-corrected chi connectivity index (χ4v) is 0.809. The highest BCUT2D eigenvalue weighted by Crippen LogP contribution is 2.18. The maximum atomic E-state index is 4.88. The molecule has 2 aromatic rings. The molecule has 2 nitrogen and oxygen atoms in total. The lowest BCUT2D eigenvalue weighted by Gasteiger charge is -1.82. The zero-order valence-electron chi connectivity index (χ0n) is 5.20. The van der Waals surface area contributed by atoms with Crippen LogP contribution in [0.1, 0.15) is 0 Å². The molecule has 2 rings (SSSR count). The Bertz CT molecular complexity index is 247. The molecule has 0 atom stereocenters. The second-order valence-electron chi connectivity index (χ2n) is 1.97. The molecule has 10 heavy (non-hydrogen) atoms. The molecule has 1 radical (unpaired) electrons. The predicted octanol–water partition coefficient (Wildman–Crippen LogP) is 2.34. The maximum absolute atomic E-state index is 4.88. The average molecular weight is 133 g/mol. The molecule has 0 N–H and O–H groups in total. The van der Waals surface area contributed by atoms with Gasteiger partial charge in [0.25, 0.3) is 0 Å². The Hall–Kier alpha value is -1.44. The minimum atomic E-state index is 0.994. The summed E-state index contributed by atoms with van der Waals surface area (Å²) in [6.07, 6.45) is 7.52. The molecule has 0 saturated carbocycles. The molecule has 2 heteroatoms. The second kappa shape index (κ2) is 2.06. The van der Waals surface area contributed by atoms with Crippen LogP contribution in [0.2, 0.25) is 0 Å². The number of rotatable bonds is 1. The van der Waals surface area contributed by atoms with Crippen molar-refractivity contribution >= 4 is 0 Å². The third kappa shape index (κ3) is 0.739. The quantitative estimate of drug-likeness (QED) is 0.596. The van der Waals surface area contributed by atoms with E-state index in [1.807, 2.05) is 6.07 Å². The first kappa shape index (κ1) is 5.35. The first-order valence-electron chi connectivity index (χ1n) is 2.94. The van der Waals surface area contributed by atoms with Crippen molar-refractivity contribution in [3.63, 3.8) is 0 Å². The normalized spacial score (nSPS) is 10.0. The summed E-state index contributed by atoms with van der Waals surface area (Å²) in [5, 5.41) is 0. The zero-order chi connectivity index (χ0) is 6.81. The molecule has 0 saturated heterocycles. The van der Waals surface area contributed by atoms with Gasteiger partial charge in [0.15, 0.2) is 6.26 Å². The highest BCUT2D eigenvalue weighted by atomic mass is 16.3. The maximum Gasteiger partial charge on any atom is 0.169 e. The van der Waals surface area contributed by atoms with Crippen LogP contribution in [0.3, 0.4) is 0 Å². The van der Waals surface area contributed by atoms with Crippen molar-refractivity contribution in [1.82, 2.24) is 0 Å². The van der Waals surface area contributed by atoms with Crippen LogP contribution in [0.15, 0.2) is 39.8 Å². The summed E-state index contributed by atoms with van der Waals surface area (Å²) in [5.74, 6) is 0. The van der Waals surface area contributed by atoms with Crippen LogP contribution in [0, 0.1) is 6.26 Å². The number of furan rings is 2. The van der Waals surface area contributed by atoms with E-state index in [1.54, 1.807) is 24.9 Å². The smallest absolute Gasteiger partial charge is 0.169 e. The lowest BCUT2D eigenvalue weighted by Crippen LogP contribution is -1.61. The van der Waals surface area contributed by atoms with E-state index in [0.29, 0.717) is 0 Å². The molecule has 0 spiro atoms. The fraction of sp³-hybridized carbons (Fsp3) is 0. The van der Waals surface area contributed by atoms with Gasteiger partial charge in [0.05, 0.1) is 18.8 Å². The largest absolute Gasteiger partial charge is 0.472 e. The Morgan fingerprint density at radius 2 is 2.20 bits per heavy atom. The fourth-order valence-electron chi connectivity index (χ4n) is 0.809. The molecule has 0 unspecified atom stereocenters. The minimum absolute atomic E-state index is 0.994. The van der Waals surface area contributed by atoms with E-state index in [1.165, 1.54) is 0 Å². The molecule has 0 aliphatic rings. The molecule has 0 amide bonds. The van der Waals surface area contributed by atoms with Crippen molar-refractivity contribution in [2.24, 2.45) is 0 Å². The van der Waals surface area contributed by atoms with E-state index in [0.717, 1.165) is 11.1 Å². The highest BCUT2D eigenvalue weighted by Gasteiger charge is 1.98. The van der Waals surface area contributed by atoms with Gasteiger partial charge in [0.2, 0.25) is 0 Å². The molecule has 2 aromatic heterocycles. The summed E-state index contributed by atoms with van der Waals surface area (Å²) in [7, 11) is 0. The van der Waals surface area contributed by atoms with Gasteiger partial charge in [-0.05, 0) is 12.1 Å². The topological polar surface area (TPSA) is 26.3 Å². The van der Waals surface area contributed by atoms with Gasteiger partial charge in [-0.2, -0.15) is 0 Å². The molecule has 0 aromatic carbocycles. The average Bonchev–Trinajstić information content (AvgIpc) is 2.59. The van der Waals surface area contributed by atoms with E-state index in [4.69, 9.17) is 8.83 Å². The summed E-state index contributed by atoms with van der Waals surface area (Å²) in [6.45, 7) is 0. The van der Waals surface area contributed by atoms with E-state index >= 15 is 0 Å². The Morgan fingerprint density at radius 3 is 2.80 bits per heavy atom. The van der Waals surface area contributed by atoms with Crippen LogP contribution < -0.4 is 0 Å². The molecular weight excluding hydrogens is 128 g/mol. The van der Waals surface area contributed by atoms with Gasteiger partial charge < -0.3 is 8.83 Å². The Kier molecular flexibility index (Phi) is 1.10. The summed E-state index contributed by atoms with van der Waals surface area (Å²) in [5.41, 5.74) is 2.01. The van der Waals surface area contributed by atoms with Crippen LogP contribution >= 0.6 is 0 Å². The van der Waals surface area contributed by atoms with Crippen LogP contribution in [0.4, 0.5) is 0 Å². The van der Waals surface area contributed by atoms with Gasteiger partial charge in [0, 0.05) is 11.1 Å². The highest BCUT2D eigenvalue weighted by molar-refractivity contribution is 5.59. The summed E-state index contributed by atoms with van der Waals surface area (Å²) < 4.78 is 9.65. The number of hydrogen-bond acceptors (Lipinski definition) is 2. The third-order valence-electron chi connectivity index (χ3n) is 1.32. The van der Waals surface area contributed by atoms with Crippen molar-refractivity contribution in [1.29, 1.82) is 0 Å². The van der Waals surface area contributed by atoms with Gasteiger partial charge in [0.1, 0.15) is 0 Å². The molecule has 0 aliphatic heterocycles. The summed E-state index contributed by atoms with van der Waals surface area (Å²) in [6, 6.07) is 3.64. The Balaban J connectivity index is 2.48. The first-order chi connectivity index (χ1) is 4.97. The SMILES string of the molecule is [c]1cc(-c2ccoc2)co1. The lowest BCUT2D eigenvalue weighted by molar-refractivity contribution is 0.558. The van der Waals surface area contributed by atoms with E-state index in [2.05, 4.69) is 6.26 Å². The monoisotopic (exact) mass is 133 g/mol. The molecule has 0 fully saturated rings. The summed E-state index contributed by atoms with van der Waals surface area (Å²) >= 11 is 0. The molecule has 0 bridgehead atoms. The molecular formula is C8H5O2. The van der Waals surface area contributed by atoms with Crippen molar-refractivity contribution < 1.29 is 8.83 Å². The molecule has 0 aliphatic carbocycles. The standard InChI is InChI=1S/C8H5O2/c1-3-9-5-7(1)8-2-4-10-6-8/h1-3,5-6H. The van der Waals surface area contributed by atoms with Crippen molar-refractivity contribution in [2.75, 3.05) is 0 Å². The van der Waals surface area contributed by atoms with E-state index in [-0.39, 0.29) is 0 Å². The van der Waals surface area contributed by atoms with E-state index in [9.17, 15) is 0 Å². The van der Waals surface area contributed by atoms with Crippen molar-refractivity contribution in [2.45, 2.75) is 0 Å². The van der Waals surface area contributed by atoms with Crippen LogP contribution in [0.25, 0.3) is 11.1 Å². The van der Waals surface area contributed by atoms with Gasteiger partial charge in [-0.3, -0.25) is 0 Å². The minimum Gasteiger partial charge on any atom is -0.472 e. The van der Waals surface area contributed by atoms with Crippen molar-refractivity contribution in [3.8, 4) is 11.1 Å². The summed E-state index contributed by atoms with van der Waals surface area (Å²) in [4.78, 5) is 0. The number of hydrogen-bond donors (Lipinski definition) is 0. The van der Waals surface area contributed by atoms with Gasteiger partial charge in [-0.25, -0.2) is 0 Å². The second-order valence-corrected chi connectivity index (χ2v) is 1.97. The van der Waals surface area contributed by atoms with Gasteiger partial charge in [-0.1, -0.05) is 0 Å². The molecule has 2 heterocycles. The van der Waals surface area contributed by atoms with Gasteiger partial charge in [-0.15, -0.1) is 0 Å². The first-order valence-corrected chi connectivity index (χ1v) is 2.94. The lowest BCUT2D eigenvalue weighted by atomic mass is 10.2. The Labute approximate surface area is 58.1 Å². The van der Waals surface area contributed by atoms with Crippen molar-refractivity contribution in [3.05, 3.63) is 37.2 Å². The Morgan fingerprint density at radius 1 is 1.20 bits per heavy atom.